The van der Waals surface area contributed by atoms with E-state index in [9.17, 15) is 4.79 Å². The molecular formula is C11H12ClNO2. The molecule has 0 radical (unpaired) electrons. The Balaban J connectivity index is 2.35. The van der Waals surface area contributed by atoms with Crippen molar-refractivity contribution in [1.29, 1.82) is 0 Å². The molecule has 4 heteroatoms. The van der Waals surface area contributed by atoms with Gasteiger partial charge in [0.05, 0.1) is 6.61 Å². The van der Waals surface area contributed by atoms with Crippen molar-refractivity contribution in [2.24, 2.45) is 0 Å². The van der Waals surface area contributed by atoms with Crippen molar-refractivity contribution < 1.29 is 9.53 Å². The maximum absolute atomic E-state index is 11.5. The van der Waals surface area contributed by atoms with Gasteiger partial charge in [-0.2, -0.15) is 0 Å². The molecule has 2 rings (SSSR count). The van der Waals surface area contributed by atoms with Gasteiger partial charge in [0.15, 0.2) is 0 Å². The lowest BCUT2D eigenvalue weighted by molar-refractivity contribution is 0.0519. The number of pyridine rings is 1. The second-order valence-corrected chi connectivity index (χ2v) is 3.87. The molecule has 0 bridgehead atoms. The van der Waals surface area contributed by atoms with Gasteiger partial charge in [-0.3, -0.25) is 0 Å². The van der Waals surface area contributed by atoms with E-state index in [4.69, 9.17) is 16.3 Å². The first kappa shape index (κ1) is 10.4. The zero-order valence-electron chi connectivity index (χ0n) is 8.55. The molecule has 0 N–H and O–H groups in total. The number of halogens is 1. The van der Waals surface area contributed by atoms with Crippen molar-refractivity contribution in [2.75, 3.05) is 6.61 Å². The quantitative estimate of drug-likeness (QED) is 0.573. The SMILES string of the molecule is CCOC(=O)c1cc2c(c(Cl)n1)CCC2. The number of carbonyl (C=O) groups excluding carboxylic acids is 1. The molecule has 0 unspecified atom stereocenters. The monoisotopic (exact) mass is 225 g/mol. The number of nitrogens with zero attached hydrogens (tertiary/aromatic N) is 1. The molecule has 0 atom stereocenters. The average molecular weight is 226 g/mol. The number of hydrogen-bond acceptors (Lipinski definition) is 3. The minimum Gasteiger partial charge on any atom is -0.461 e. The summed E-state index contributed by atoms with van der Waals surface area (Å²) in [7, 11) is 0. The van der Waals surface area contributed by atoms with Crippen LogP contribution in [-0.4, -0.2) is 17.6 Å². The minimum atomic E-state index is -0.394. The molecule has 0 spiro atoms. The van der Waals surface area contributed by atoms with E-state index in [0.29, 0.717) is 17.5 Å². The van der Waals surface area contributed by atoms with Crippen LogP contribution in [0.2, 0.25) is 5.15 Å². The Hall–Kier alpha value is -1.09. The van der Waals surface area contributed by atoms with Gasteiger partial charge in [0.25, 0.3) is 0 Å². The molecule has 0 aliphatic heterocycles. The second-order valence-electron chi connectivity index (χ2n) is 3.51. The highest BCUT2D eigenvalue weighted by atomic mass is 35.5. The van der Waals surface area contributed by atoms with Crippen molar-refractivity contribution in [2.45, 2.75) is 26.2 Å². The average Bonchev–Trinajstić information content (AvgIpc) is 2.66. The summed E-state index contributed by atoms with van der Waals surface area (Å²) in [6, 6.07) is 1.80. The summed E-state index contributed by atoms with van der Waals surface area (Å²) < 4.78 is 4.88. The van der Waals surface area contributed by atoms with Gasteiger partial charge < -0.3 is 4.74 Å². The van der Waals surface area contributed by atoms with Crippen molar-refractivity contribution in [1.82, 2.24) is 4.98 Å². The topological polar surface area (TPSA) is 39.2 Å². The summed E-state index contributed by atoms with van der Waals surface area (Å²) in [5.74, 6) is -0.394. The van der Waals surface area contributed by atoms with Crippen LogP contribution in [-0.2, 0) is 17.6 Å². The van der Waals surface area contributed by atoms with E-state index in [1.54, 1.807) is 13.0 Å². The van der Waals surface area contributed by atoms with E-state index in [2.05, 4.69) is 4.98 Å². The molecular weight excluding hydrogens is 214 g/mol. The molecule has 0 aromatic carbocycles. The fraction of sp³-hybridized carbons (Fsp3) is 0.455. The lowest BCUT2D eigenvalue weighted by Gasteiger charge is -2.05. The summed E-state index contributed by atoms with van der Waals surface area (Å²) in [5.41, 5.74) is 2.55. The lowest BCUT2D eigenvalue weighted by Crippen LogP contribution is -2.08. The minimum absolute atomic E-state index is 0.322. The van der Waals surface area contributed by atoms with Crippen LogP contribution in [0.25, 0.3) is 0 Å². The van der Waals surface area contributed by atoms with E-state index < -0.39 is 5.97 Å². The van der Waals surface area contributed by atoms with Gasteiger partial charge in [0.1, 0.15) is 10.8 Å². The van der Waals surface area contributed by atoms with E-state index in [1.165, 1.54) is 0 Å². The Kier molecular flexibility index (Phi) is 2.91. The number of carbonyl (C=O) groups is 1. The van der Waals surface area contributed by atoms with Crippen LogP contribution in [0.4, 0.5) is 0 Å². The van der Waals surface area contributed by atoms with Crippen molar-refractivity contribution in [3.8, 4) is 0 Å². The highest BCUT2D eigenvalue weighted by Crippen LogP contribution is 2.28. The first-order valence-corrected chi connectivity index (χ1v) is 5.45. The van der Waals surface area contributed by atoms with Crippen LogP contribution in [0.15, 0.2) is 6.07 Å². The number of hydrogen-bond donors (Lipinski definition) is 0. The van der Waals surface area contributed by atoms with E-state index >= 15 is 0 Å². The Morgan fingerprint density at radius 3 is 3.13 bits per heavy atom. The number of aryl methyl sites for hydroxylation is 1. The molecule has 15 heavy (non-hydrogen) atoms. The van der Waals surface area contributed by atoms with Gasteiger partial charge in [-0.1, -0.05) is 11.6 Å². The van der Waals surface area contributed by atoms with Gasteiger partial charge in [-0.05, 0) is 43.4 Å². The Labute approximate surface area is 93.4 Å². The standard InChI is InChI=1S/C11H12ClNO2/c1-2-15-11(14)9-6-7-4-3-5-8(7)10(12)13-9/h6H,2-5H2,1H3. The fourth-order valence-electron chi connectivity index (χ4n) is 1.84. The zero-order chi connectivity index (χ0) is 10.8. The molecule has 3 nitrogen and oxygen atoms in total. The third-order valence-electron chi connectivity index (χ3n) is 2.52. The van der Waals surface area contributed by atoms with E-state index in [0.717, 1.165) is 30.4 Å². The van der Waals surface area contributed by atoms with Crippen LogP contribution in [0.3, 0.4) is 0 Å². The summed E-state index contributed by atoms with van der Waals surface area (Å²) >= 11 is 6.00. The predicted octanol–water partition coefficient (Wildman–Crippen LogP) is 2.40. The molecule has 0 saturated heterocycles. The third-order valence-corrected chi connectivity index (χ3v) is 2.84. The molecule has 80 valence electrons. The van der Waals surface area contributed by atoms with E-state index in [1.807, 2.05) is 0 Å². The Bertz CT molecular complexity index is 404. The van der Waals surface area contributed by atoms with Crippen LogP contribution in [0, 0.1) is 0 Å². The molecule has 1 aliphatic rings. The highest BCUT2D eigenvalue weighted by molar-refractivity contribution is 6.30. The molecule has 1 aromatic heterocycles. The molecule has 1 aliphatic carbocycles. The number of aromatic nitrogens is 1. The van der Waals surface area contributed by atoms with Gasteiger partial charge in [-0.25, -0.2) is 9.78 Å². The molecule has 0 saturated carbocycles. The van der Waals surface area contributed by atoms with Crippen molar-refractivity contribution in [3.63, 3.8) is 0 Å². The maximum Gasteiger partial charge on any atom is 0.356 e. The molecule has 0 fully saturated rings. The van der Waals surface area contributed by atoms with Gasteiger partial charge in [0.2, 0.25) is 0 Å². The van der Waals surface area contributed by atoms with Crippen LogP contribution < -0.4 is 0 Å². The smallest absolute Gasteiger partial charge is 0.356 e. The summed E-state index contributed by atoms with van der Waals surface area (Å²) in [6.45, 7) is 2.13. The summed E-state index contributed by atoms with van der Waals surface area (Å²) in [5, 5.41) is 0.452. The van der Waals surface area contributed by atoms with Gasteiger partial charge >= 0.3 is 5.97 Å². The molecule has 1 aromatic rings. The normalized spacial score (nSPS) is 13.7. The maximum atomic E-state index is 11.5. The van der Waals surface area contributed by atoms with Crippen LogP contribution >= 0.6 is 11.6 Å². The molecule has 0 amide bonds. The first-order chi connectivity index (χ1) is 7.22. The number of rotatable bonds is 2. The van der Waals surface area contributed by atoms with E-state index in [-0.39, 0.29) is 0 Å². The number of fused-ring (bicyclic) bond motifs is 1. The summed E-state index contributed by atoms with van der Waals surface area (Å²) in [4.78, 5) is 15.5. The van der Waals surface area contributed by atoms with Crippen molar-refractivity contribution >= 4 is 17.6 Å². The second kappa shape index (κ2) is 4.19. The van der Waals surface area contributed by atoms with Crippen LogP contribution in [0.5, 0.6) is 0 Å². The first-order valence-electron chi connectivity index (χ1n) is 5.07. The fourth-order valence-corrected chi connectivity index (χ4v) is 2.15. The number of esters is 1. The number of ether oxygens (including phenoxy) is 1. The third kappa shape index (κ3) is 1.97. The van der Waals surface area contributed by atoms with Crippen LogP contribution in [0.1, 0.15) is 35.0 Å². The largest absolute Gasteiger partial charge is 0.461 e. The lowest BCUT2D eigenvalue weighted by atomic mass is 10.1. The predicted molar refractivity (Wildman–Crippen MR) is 57.2 cm³/mol. The zero-order valence-corrected chi connectivity index (χ0v) is 9.30. The van der Waals surface area contributed by atoms with Gasteiger partial charge in [-0.15, -0.1) is 0 Å². The van der Waals surface area contributed by atoms with Crippen molar-refractivity contribution in [3.05, 3.63) is 28.0 Å². The Morgan fingerprint density at radius 1 is 1.60 bits per heavy atom. The Morgan fingerprint density at radius 2 is 2.40 bits per heavy atom. The molecule has 1 heterocycles. The van der Waals surface area contributed by atoms with Gasteiger partial charge in [0, 0.05) is 0 Å². The highest BCUT2D eigenvalue weighted by Gasteiger charge is 2.19. The summed E-state index contributed by atoms with van der Waals surface area (Å²) in [6.07, 6.45) is 3.03.